The molecule has 128 valence electrons. The molecule has 4 heteroatoms. The second kappa shape index (κ2) is 8.50. The third-order valence-electron chi connectivity index (χ3n) is 4.31. The van der Waals surface area contributed by atoms with Gasteiger partial charge in [-0.15, -0.1) is 0 Å². The SMILES string of the molecule is CCN(C)c1cccc(C(C)NCc2ccccc2C(=O)OC)c1. The number of esters is 1. The van der Waals surface area contributed by atoms with Crippen LogP contribution in [0.25, 0.3) is 0 Å². The first-order valence-electron chi connectivity index (χ1n) is 8.27. The molecule has 2 aromatic carbocycles. The van der Waals surface area contributed by atoms with Gasteiger partial charge in [-0.2, -0.15) is 0 Å². The Hall–Kier alpha value is -2.33. The largest absolute Gasteiger partial charge is 0.465 e. The summed E-state index contributed by atoms with van der Waals surface area (Å²) >= 11 is 0. The van der Waals surface area contributed by atoms with Gasteiger partial charge in [0, 0.05) is 31.9 Å². The molecule has 4 nitrogen and oxygen atoms in total. The maximum atomic E-state index is 11.8. The highest BCUT2D eigenvalue weighted by molar-refractivity contribution is 5.90. The van der Waals surface area contributed by atoms with Gasteiger partial charge in [-0.1, -0.05) is 30.3 Å². The zero-order valence-corrected chi connectivity index (χ0v) is 14.9. The van der Waals surface area contributed by atoms with Gasteiger partial charge in [-0.25, -0.2) is 4.79 Å². The minimum Gasteiger partial charge on any atom is -0.465 e. The maximum absolute atomic E-state index is 11.8. The molecular formula is C20H26N2O2. The van der Waals surface area contributed by atoms with Crippen LogP contribution < -0.4 is 10.2 Å². The Kier molecular flexibility index (Phi) is 6.38. The number of nitrogens with one attached hydrogen (secondary N) is 1. The van der Waals surface area contributed by atoms with Crippen molar-refractivity contribution in [2.75, 3.05) is 25.6 Å². The van der Waals surface area contributed by atoms with Crippen LogP contribution in [0.1, 0.15) is 41.4 Å². The van der Waals surface area contributed by atoms with Crippen molar-refractivity contribution in [3.63, 3.8) is 0 Å². The van der Waals surface area contributed by atoms with Crippen LogP contribution >= 0.6 is 0 Å². The predicted octanol–water partition coefficient (Wildman–Crippen LogP) is 3.78. The van der Waals surface area contributed by atoms with E-state index in [4.69, 9.17) is 4.74 Å². The summed E-state index contributed by atoms with van der Waals surface area (Å²) in [5.74, 6) is -0.299. The lowest BCUT2D eigenvalue weighted by Gasteiger charge is -2.20. The summed E-state index contributed by atoms with van der Waals surface area (Å²) in [5, 5.41) is 3.49. The molecule has 0 aromatic heterocycles. The molecule has 1 unspecified atom stereocenters. The second-order valence-corrected chi connectivity index (χ2v) is 5.86. The average molecular weight is 326 g/mol. The molecule has 0 aliphatic rings. The normalized spacial score (nSPS) is 11.8. The third-order valence-corrected chi connectivity index (χ3v) is 4.31. The van der Waals surface area contributed by atoms with E-state index >= 15 is 0 Å². The Morgan fingerprint density at radius 3 is 2.67 bits per heavy atom. The molecule has 1 N–H and O–H groups in total. The molecule has 0 saturated heterocycles. The van der Waals surface area contributed by atoms with E-state index < -0.39 is 0 Å². The molecule has 0 saturated carbocycles. The molecule has 0 spiro atoms. The van der Waals surface area contributed by atoms with Gasteiger partial charge in [0.15, 0.2) is 0 Å². The molecule has 2 rings (SSSR count). The van der Waals surface area contributed by atoms with E-state index in [9.17, 15) is 4.79 Å². The number of ether oxygens (including phenoxy) is 1. The first-order chi connectivity index (χ1) is 11.6. The number of carbonyl (C=O) groups excluding carboxylic acids is 1. The number of anilines is 1. The van der Waals surface area contributed by atoms with Crippen molar-refractivity contribution in [3.05, 3.63) is 65.2 Å². The van der Waals surface area contributed by atoms with Crippen LogP contribution in [0.5, 0.6) is 0 Å². The van der Waals surface area contributed by atoms with Crippen molar-refractivity contribution in [2.45, 2.75) is 26.4 Å². The molecule has 2 aromatic rings. The molecule has 0 aliphatic carbocycles. The lowest BCUT2D eigenvalue weighted by atomic mass is 10.0. The van der Waals surface area contributed by atoms with Gasteiger partial charge < -0.3 is 15.0 Å². The summed E-state index contributed by atoms with van der Waals surface area (Å²) < 4.78 is 4.85. The van der Waals surface area contributed by atoms with Crippen molar-refractivity contribution >= 4 is 11.7 Å². The minimum absolute atomic E-state index is 0.181. The van der Waals surface area contributed by atoms with Crippen LogP contribution in [0.15, 0.2) is 48.5 Å². The van der Waals surface area contributed by atoms with Crippen LogP contribution in [-0.4, -0.2) is 26.7 Å². The standard InChI is InChI=1S/C20H26N2O2/c1-5-22(3)18-11-8-10-16(13-18)15(2)21-14-17-9-6-7-12-19(17)20(23)24-4/h6-13,15,21H,5,14H2,1-4H3. The van der Waals surface area contributed by atoms with Crippen LogP contribution in [0, 0.1) is 0 Å². The molecular weight excluding hydrogens is 300 g/mol. The van der Waals surface area contributed by atoms with Crippen molar-refractivity contribution in [1.29, 1.82) is 0 Å². The molecule has 24 heavy (non-hydrogen) atoms. The van der Waals surface area contributed by atoms with Crippen molar-refractivity contribution in [1.82, 2.24) is 5.32 Å². The minimum atomic E-state index is -0.299. The Morgan fingerprint density at radius 1 is 1.21 bits per heavy atom. The zero-order valence-electron chi connectivity index (χ0n) is 14.9. The summed E-state index contributed by atoms with van der Waals surface area (Å²) in [6, 6.07) is 16.2. The number of carbonyl (C=O) groups is 1. The number of benzene rings is 2. The van der Waals surface area contributed by atoms with E-state index in [1.807, 2.05) is 18.2 Å². The summed E-state index contributed by atoms with van der Waals surface area (Å²) in [6.45, 7) is 5.85. The Bertz CT molecular complexity index is 685. The Morgan fingerprint density at radius 2 is 1.96 bits per heavy atom. The van der Waals surface area contributed by atoms with E-state index in [-0.39, 0.29) is 12.0 Å². The number of hydrogen-bond acceptors (Lipinski definition) is 4. The second-order valence-electron chi connectivity index (χ2n) is 5.86. The van der Waals surface area contributed by atoms with E-state index in [1.54, 1.807) is 6.07 Å². The van der Waals surface area contributed by atoms with Gasteiger partial charge in [0.05, 0.1) is 12.7 Å². The topological polar surface area (TPSA) is 41.6 Å². The number of nitrogens with zero attached hydrogens (tertiary/aromatic N) is 1. The van der Waals surface area contributed by atoms with Gasteiger partial charge >= 0.3 is 5.97 Å². The number of rotatable bonds is 7. The van der Waals surface area contributed by atoms with Gasteiger partial charge in [-0.05, 0) is 43.2 Å². The first-order valence-corrected chi connectivity index (χ1v) is 8.27. The van der Waals surface area contributed by atoms with E-state index in [0.29, 0.717) is 12.1 Å². The smallest absolute Gasteiger partial charge is 0.338 e. The van der Waals surface area contributed by atoms with Gasteiger partial charge in [0.2, 0.25) is 0 Å². The average Bonchev–Trinajstić information content (AvgIpc) is 2.65. The van der Waals surface area contributed by atoms with Crippen molar-refractivity contribution in [2.24, 2.45) is 0 Å². The molecule has 0 amide bonds. The summed E-state index contributed by atoms with van der Waals surface area (Å²) in [7, 11) is 3.49. The maximum Gasteiger partial charge on any atom is 0.338 e. The first kappa shape index (κ1) is 18.0. The molecule has 0 bridgehead atoms. The summed E-state index contributed by atoms with van der Waals surface area (Å²) in [4.78, 5) is 14.1. The Balaban J connectivity index is 2.09. The summed E-state index contributed by atoms with van der Waals surface area (Å²) in [6.07, 6.45) is 0. The Labute approximate surface area is 144 Å². The van der Waals surface area contributed by atoms with E-state index in [2.05, 4.69) is 55.4 Å². The third kappa shape index (κ3) is 4.36. The van der Waals surface area contributed by atoms with Gasteiger partial charge in [0.1, 0.15) is 0 Å². The van der Waals surface area contributed by atoms with Crippen LogP contribution in [0.2, 0.25) is 0 Å². The molecule has 0 fully saturated rings. The van der Waals surface area contributed by atoms with Crippen molar-refractivity contribution < 1.29 is 9.53 Å². The number of hydrogen-bond donors (Lipinski definition) is 1. The van der Waals surface area contributed by atoms with E-state index in [0.717, 1.165) is 12.1 Å². The van der Waals surface area contributed by atoms with Crippen LogP contribution in [0.4, 0.5) is 5.69 Å². The quantitative estimate of drug-likeness (QED) is 0.786. The highest BCUT2D eigenvalue weighted by Gasteiger charge is 2.12. The lowest BCUT2D eigenvalue weighted by Crippen LogP contribution is -2.21. The highest BCUT2D eigenvalue weighted by atomic mass is 16.5. The fourth-order valence-electron chi connectivity index (χ4n) is 2.58. The molecule has 0 aliphatic heterocycles. The molecule has 1 atom stereocenters. The number of methoxy groups -OCH3 is 1. The summed E-state index contributed by atoms with van der Waals surface area (Å²) in [5.41, 5.74) is 3.99. The van der Waals surface area contributed by atoms with Gasteiger partial charge in [0.25, 0.3) is 0 Å². The fourth-order valence-corrected chi connectivity index (χ4v) is 2.58. The van der Waals surface area contributed by atoms with E-state index in [1.165, 1.54) is 18.4 Å². The van der Waals surface area contributed by atoms with Crippen LogP contribution in [-0.2, 0) is 11.3 Å². The lowest BCUT2D eigenvalue weighted by molar-refractivity contribution is 0.0599. The monoisotopic (exact) mass is 326 g/mol. The van der Waals surface area contributed by atoms with Crippen molar-refractivity contribution in [3.8, 4) is 0 Å². The predicted molar refractivity (Wildman–Crippen MR) is 98.4 cm³/mol. The van der Waals surface area contributed by atoms with Crippen LogP contribution in [0.3, 0.4) is 0 Å². The fraction of sp³-hybridized carbons (Fsp3) is 0.350. The zero-order chi connectivity index (χ0) is 17.5. The molecule has 0 radical (unpaired) electrons. The molecule has 0 heterocycles. The van der Waals surface area contributed by atoms with Gasteiger partial charge in [-0.3, -0.25) is 0 Å². The highest BCUT2D eigenvalue weighted by Crippen LogP contribution is 2.20.